The highest BCUT2D eigenvalue weighted by molar-refractivity contribution is 6.30. The molecule has 0 aliphatic carbocycles. The van der Waals surface area contributed by atoms with Crippen LogP contribution in [0.2, 0.25) is 10.0 Å². The molecule has 1 aliphatic heterocycles. The SMILES string of the molecule is CCC1CN(c2nc3c(nnn3-c3ccccc3)c(=O)n2-c2ccc(Cl)cc2)CCN1c1nc2c(nnn2-c2ccccc2)c(=O)n1-c1ccc(Cl)cc1. The summed E-state index contributed by atoms with van der Waals surface area (Å²) in [6.07, 6.45) is 0.679. The van der Waals surface area contributed by atoms with Gasteiger partial charge in [0.25, 0.3) is 11.1 Å². The summed E-state index contributed by atoms with van der Waals surface area (Å²) in [6, 6.07) is 32.8. The first-order valence-electron chi connectivity index (χ1n) is 17.3. The maximum atomic E-state index is 14.4. The van der Waals surface area contributed by atoms with Crippen molar-refractivity contribution in [1.29, 1.82) is 0 Å². The van der Waals surface area contributed by atoms with E-state index in [0.29, 0.717) is 70.7 Å². The molecule has 9 rings (SSSR count). The monoisotopic (exact) mass is 756 g/mol. The molecule has 268 valence electrons. The Morgan fingerprint density at radius 3 is 1.54 bits per heavy atom. The van der Waals surface area contributed by atoms with Crippen molar-refractivity contribution in [2.75, 3.05) is 29.4 Å². The molecule has 1 aliphatic rings. The Hall–Kier alpha value is -6.38. The summed E-state index contributed by atoms with van der Waals surface area (Å²) >= 11 is 12.5. The smallest absolute Gasteiger partial charge is 0.289 e. The Balaban J connectivity index is 1.19. The lowest BCUT2D eigenvalue weighted by Gasteiger charge is -2.43. The van der Waals surface area contributed by atoms with Gasteiger partial charge >= 0.3 is 0 Å². The van der Waals surface area contributed by atoms with Crippen LogP contribution in [-0.2, 0) is 0 Å². The summed E-state index contributed by atoms with van der Waals surface area (Å²) in [5.41, 5.74) is 2.86. The highest BCUT2D eigenvalue weighted by atomic mass is 35.5. The Morgan fingerprint density at radius 2 is 1.06 bits per heavy atom. The zero-order valence-electron chi connectivity index (χ0n) is 28.7. The van der Waals surface area contributed by atoms with Crippen molar-refractivity contribution in [3.8, 4) is 22.7 Å². The van der Waals surface area contributed by atoms with Gasteiger partial charge in [-0.15, -0.1) is 10.2 Å². The van der Waals surface area contributed by atoms with Crippen LogP contribution in [0.25, 0.3) is 45.1 Å². The highest BCUT2D eigenvalue weighted by Gasteiger charge is 2.34. The third kappa shape index (κ3) is 5.67. The first kappa shape index (κ1) is 33.5. The molecule has 54 heavy (non-hydrogen) atoms. The van der Waals surface area contributed by atoms with E-state index in [1.54, 1.807) is 67.0 Å². The number of fused-ring (bicyclic) bond motifs is 2. The van der Waals surface area contributed by atoms with Gasteiger partial charge in [-0.3, -0.25) is 9.59 Å². The molecule has 0 saturated carbocycles. The van der Waals surface area contributed by atoms with E-state index in [0.717, 1.165) is 11.4 Å². The normalized spacial score (nSPS) is 14.7. The number of hydrogen-bond acceptors (Lipinski definition) is 10. The van der Waals surface area contributed by atoms with E-state index in [1.165, 1.54) is 0 Å². The van der Waals surface area contributed by atoms with E-state index in [1.807, 2.05) is 60.7 Å². The topological polar surface area (TPSA) is 138 Å². The zero-order chi connectivity index (χ0) is 36.9. The van der Waals surface area contributed by atoms with Gasteiger partial charge in [-0.05, 0) is 79.2 Å². The van der Waals surface area contributed by atoms with E-state index < -0.39 is 0 Å². The Kier molecular flexibility index (Phi) is 8.39. The number of anilines is 2. The van der Waals surface area contributed by atoms with Crippen LogP contribution in [0.15, 0.2) is 119 Å². The number of piperazine rings is 1. The van der Waals surface area contributed by atoms with Gasteiger partial charge in [-0.25, -0.2) is 9.13 Å². The number of benzene rings is 4. The van der Waals surface area contributed by atoms with E-state index >= 15 is 0 Å². The highest BCUT2D eigenvalue weighted by Crippen LogP contribution is 2.29. The van der Waals surface area contributed by atoms with Crippen LogP contribution in [0.3, 0.4) is 0 Å². The lowest BCUT2D eigenvalue weighted by atomic mass is 10.1. The molecule has 0 N–H and O–H groups in total. The molecular formula is C38H30Cl2N12O2. The number of hydrogen-bond donors (Lipinski definition) is 0. The molecule has 4 aromatic carbocycles. The number of halogens is 2. The minimum Gasteiger partial charge on any atom is -0.338 e. The maximum Gasteiger partial charge on any atom is 0.289 e. The van der Waals surface area contributed by atoms with Gasteiger partial charge in [0.2, 0.25) is 11.9 Å². The number of para-hydroxylation sites is 2. The molecule has 5 heterocycles. The van der Waals surface area contributed by atoms with Crippen molar-refractivity contribution in [3.63, 3.8) is 0 Å². The fourth-order valence-electron chi connectivity index (χ4n) is 6.90. The number of nitrogens with zero attached hydrogens (tertiary/aromatic N) is 12. The summed E-state index contributed by atoms with van der Waals surface area (Å²) in [4.78, 5) is 43.2. The van der Waals surface area contributed by atoms with E-state index in [4.69, 9.17) is 33.2 Å². The van der Waals surface area contributed by atoms with Crippen LogP contribution in [0.4, 0.5) is 11.9 Å². The molecule has 1 atom stereocenters. The summed E-state index contributed by atoms with van der Waals surface area (Å²) in [7, 11) is 0. The average Bonchev–Trinajstić information content (AvgIpc) is 3.85. The predicted octanol–water partition coefficient (Wildman–Crippen LogP) is 5.66. The van der Waals surface area contributed by atoms with Gasteiger partial charge < -0.3 is 9.80 Å². The second kappa shape index (κ2) is 13.5. The molecule has 0 amide bonds. The molecule has 0 bridgehead atoms. The standard InChI is InChI=1S/C38H30Cl2N12O2/c1-2-26-23-47(37-41-33-31(43-45-51(33)29-9-5-3-6-10-29)35(53)49(37)27-17-13-24(39)14-18-27)21-22-48(26)38-42-34-32(44-46-52(34)30-11-7-4-8-12-30)36(54)50(38)28-19-15-25(40)16-20-28/h3-20,26H,2,21-23H2,1H3. The van der Waals surface area contributed by atoms with Crippen LogP contribution < -0.4 is 20.9 Å². The first-order valence-corrected chi connectivity index (χ1v) is 18.1. The lowest BCUT2D eigenvalue weighted by Crippen LogP contribution is -2.55. The Labute approximate surface area is 317 Å². The Bertz CT molecular complexity index is 2770. The second-order valence-electron chi connectivity index (χ2n) is 12.8. The molecule has 16 heteroatoms. The molecule has 14 nitrogen and oxygen atoms in total. The van der Waals surface area contributed by atoms with Crippen molar-refractivity contribution in [2.24, 2.45) is 0 Å². The van der Waals surface area contributed by atoms with Crippen molar-refractivity contribution in [2.45, 2.75) is 19.4 Å². The maximum absolute atomic E-state index is 14.4. The molecule has 4 aromatic heterocycles. The van der Waals surface area contributed by atoms with Crippen LogP contribution >= 0.6 is 23.2 Å². The molecule has 1 saturated heterocycles. The van der Waals surface area contributed by atoms with E-state index in [-0.39, 0.29) is 28.2 Å². The quantitative estimate of drug-likeness (QED) is 0.200. The van der Waals surface area contributed by atoms with Gasteiger partial charge in [0.05, 0.1) is 22.7 Å². The first-order chi connectivity index (χ1) is 26.4. The van der Waals surface area contributed by atoms with Crippen molar-refractivity contribution in [1.82, 2.24) is 49.1 Å². The minimum atomic E-state index is -0.361. The van der Waals surface area contributed by atoms with E-state index in [2.05, 4.69) is 37.3 Å². The van der Waals surface area contributed by atoms with Crippen molar-refractivity contribution in [3.05, 3.63) is 140 Å². The lowest BCUT2D eigenvalue weighted by molar-refractivity contribution is 0.488. The molecular weight excluding hydrogens is 727 g/mol. The van der Waals surface area contributed by atoms with Crippen LogP contribution in [-0.4, -0.2) is 74.8 Å². The fraction of sp³-hybridized carbons (Fsp3) is 0.158. The van der Waals surface area contributed by atoms with Gasteiger partial charge in [-0.2, -0.15) is 19.3 Å². The largest absolute Gasteiger partial charge is 0.338 e. The predicted molar refractivity (Wildman–Crippen MR) is 208 cm³/mol. The van der Waals surface area contributed by atoms with Crippen LogP contribution in [0.5, 0.6) is 0 Å². The summed E-state index contributed by atoms with van der Waals surface area (Å²) < 4.78 is 6.29. The summed E-state index contributed by atoms with van der Waals surface area (Å²) in [5.74, 6) is 0.864. The van der Waals surface area contributed by atoms with Gasteiger partial charge in [0.15, 0.2) is 22.3 Å². The zero-order valence-corrected chi connectivity index (χ0v) is 30.2. The van der Waals surface area contributed by atoms with Crippen LogP contribution in [0, 0.1) is 0 Å². The van der Waals surface area contributed by atoms with E-state index in [9.17, 15) is 9.59 Å². The Morgan fingerprint density at radius 1 is 0.593 bits per heavy atom. The summed E-state index contributed by atoms with van der Waals surface area (Å²) in [6.45, 7) is 3.39. The number of rotatable bonds is 7. The average molecular weight is 758 g/mol. The van der Waals surface area contributed by atoms with Gasteiger partial charge in [-0.1, -0.05) is 77.0 Å². The minimum absolute atomic E-state index is 0.136. The second-order valence-corrected chi connectivity index (χ2v) is 13.6. The third-order valence-corrected chi connectivity index (χ3v) is 10.1. The van der Waals surface area contributed by atoms with Crippen molar-refractivity contribution >= 4 is 57.4 Å². The van der Waals surface area contributed by atoms with Crippen LogP contribution in [0.1, 0.15) is 13.3 Å². The molecule has 1 fully saturated rings. The third-order valence-electron chi connectivity index (χ3n) is 9.58. The van der Waals surface area contributed by atoms with Crippen molar-refractivity contribution < 1.29 is 0 Å². The summed E-state index contributed by atoms with van der Waals surface area (Å²) in [5, 5.41) is 18.3. The van der Waals surface area contributed by atoms with Gasteiger partial charge in [0.1, 0.15) is 0 Å². The fourth-order valence-corrected chi connectivity index (χ4v) is 7.15. The molecule has 1 unspecified atom stereocenters. The number of aromatic nitrogens is 10. The molecule has 0 spiro atoms. The molecule has 8 aromatic rings. The molecule has 0 radical (unpaired) electrons. The van der Waals surface area contributed by atoms with Gasteiger partial charge in [0, 0.05) is 35.7 Å².